The van der Waals surface area contributed by atoms with Crippen LogP contribution in [-0.4, -0.2) is 53.6 Å². The molecule has 1 aromatic rings. The smallest absolute Gasteiger partial charge is 0.313 e. The van der Waals surface area contributed by atoms with Crippen LogP contribution in [0.4, 0.5) is 5.00 Å². The zero-order valence-corrected chi connectivity index (χ0v) is 12.2. The number of nitrogens with two attached hydrogens (primary N) is 1. The van der Waals surface area contributed by atoms with Crippen molar-refractivity contribution in [2.24, 2.45) is 5.73 Å². The van der Waals surface area contributed by atoms with Crippen molar-refractivity contribution in [2.75, 3.05) is 33.2 Å². The Bertz CT molecular complexity index is 452. The summed E-state index contributed by atoms with van der Waals surface area (Å²) in [5.41, 5.74) is 5.95. The third kappa shape index (κ3) is 3.50. The van der Waals surface area contributed by atoms with Crippen LogP contribution in [0.1, 0.15) is 11.8 Å². The van der Waals surface area contributed by atoms with Crippen LogP contribution in [0.5, 0.6) is 0 Å². The van der Waals surface area contributed by atoms with Gasteiger partial charge in [0, 0.05) is 43.5 Å². The molecule has 0 spiro atoms. The summed E-state index contributed by atoms with van der Waals surface area (Å²) < 4.78 is 0. The number of hydrogen-bond donors (Lipinski definition) is 1. The van der Waals surface area contributed by atoms with E-state index < -0.39 is 5.66 Å². The molecule has 1 atom stereocenters. The molecule has 7 heteroatoms. The van der Waals surface area contributed by atoms with E-state index in [0.717, 1.165) is 31.1 Å². The largest absolute Gasteiger partial charge is 0.324 e. The fourth-order valence-electron chi connectivity index (χ4n) is 2.34. The molecule has 2 heterocycles. The second kappa shape index (κ2) is 5.54. The Morgan fingerprint density at radius 1 is 1.42 bits per heavy atom. The molecule has 0 radical (unpaired) electrons. The van der Waals surface area contributed by atoms with Crippen LogP contribution in [0.15, 0.2) is 12.1 Å². The summed E-state index contributed by atoms with van der Waals surface area (Å²) in [5.74, 6) is 0. The molecule has 0 aliphatic carbocycles. The van der Waals surface area contributed by atoms with E-state index in [1.165, 1.54) is 11.3 Å². The fourth-order valence-corrected chi connectivity index (χ4v) is 3.32. The Morgan fingerprint density at radius 2 is 2.05 bits per heavy atom. The Morgan fingerprint density at radius 3 is 2.58 bits per heavy atom. The quantitative estimate of drug-likeness (QED) is 0.662. The van der Waals surface area contributed by atoms with Crippen molar-refractivity contribution in [1.82, 2.24) is 9.80 Å². The molecular weight excluding hydrogens is 264 g/mol. The van der Waals surface area contributed by atoms with Gasteiger partial charge in [0.25, 0.3) is 0 Å². The summed E-state index contributed by atoms with van der Waals surface area (Å²) in [6.45, 7) is 5.91. The molecule has 1 aromatic heterocycles. The van der Waals surface area contributed by atoms with E-state index in [1.807, 2.05) is 13.0 Å². The Hall–Kier alpha value is -1.02. The number of hydrogen-bond acceptors (Lipinski definition) is 6. The third-order valence-corrected chi connectivity index (χ3v) is 4.62. The lowest BCUT2D eigenvalue weighted by Crippen LogP contribution is -2.60. The van der Waals surface area contributed by atoms with E-state index in [2.05, 4.69) is 16.8 Å². The maximum absolute atomic E-state index is 10.7. The molecule has 1 aliphatic heterocycles. The minimum absolute atomic E-state index is 0.184. The first-order valence-corrected chi connectivity index (χ1v) is 7.16. The maximum atomic E-state index is 10.7. The lowest BCUT2D eigenvalue weighted by Gasteiger charge is -2.42. The average molecular weight is 284 g/mol. The van der Waals surface area contributed by atoms with Gasteiger partial charge in [0.1, 0.15) is 0 Å². The van der Waals surface area contributed by atoms with E-state index in [9.17, 15) is 10.1 Å². The van der Waals surface area contributed by atoms with Gasteiger partial charge in [0.05, 0.1) is 10.6 Å². The van der Waals surface area contributed by atoms with Gasteiger partial charge in [-0.15, -0.1) is 0 Å². The van der Waals surface area contributed by atoms with Crippen LogP contribution in [0.25, 0.3) is 0 Å². The monoisotopic (exact) mass is 284 g/mol. The molecule has 0 bridgehead atoms. The van der Waals surface area contributed by atoms with Crippen LogP contribution in [0.2, 0.25) is 0 Å². The van der Waals surface area contributed by atoms with E-state index in [1.54, 1.807) is 6.07 Å². The lowest BCUT2D eigenvalue weighted by molar-refractivity contribution is -0.380. The van der Waals surface area contributed by atoms with Gasteiger partial charge in [0.15, 0.2) is 0 Å². The average Bonchev–Trinajstić information content (AvgIpc) is 2.77. The van der Waals surface area contributed by atoms with Crippen molar-refractivity contribution in [3.05, 3.63) is 27.1 Å². The van der Waals surface area contributed by atoms with Gasteiger partial charge in [-0.05, 0) is 20.0 Å². The minimum Gasteiger partial charge on any atom is -0.313 e. The molecule has 0 aromatic carbocycles. The van der Waals surface area contributed by atoms with Gasteiger partial charge in [0.2, 0.25) is 0 Å². The van der Waals surface area contributed by atoms with Gasteiger partial charge < -0.3 is 10.6 Å². The predicted octanol–water partition coefficient (Wildman–Crippen LogP) is 1.12. The molecule has 106 valence electrons. The summed E-state index contributed by atoms with van der Waals surface area (Å²) in [4.78, 5) is 15.8. The van der Waals surface area contributed by atoms with Crippen molar-refractivity contribution in [3.8, 4) is 0 Å². The number of likely N-dealkylation sites (N-methyl/N-ethyl adjacent to an activating group) is 1. The fraction of sp³-hybridized carbons (Fsp3) is 0.667. The first-order chi connectivity index (χ1) is 8.88. The zero-order chi connectivity index (χ0) is 14.0. The Balaban J connectivity index is 2.01. The zero-order valence-electron chi connectivity index (χ0n) is 11.3. The normalized spacial score (nSPS) is 21.2. The molecule has 1 aliphatic rings. The van der Waals surface area contributed by atoms with E-state index in [-0.39, 0.29) is 9.92 Å². The topological polar surface area (TPSA) is 75.6 Å². The van der Waals surface area contributed by atoms with Crippen LogP contribution < -0.4 is 5.73 Å². The number of rotatable bonds is 4. The van der Waals surface area contributed by atoms with Gasteiger partial charge >= 0.3 is 5.00 Å². The highest BCUT2D eigenvalue weighted by Crippen LogP contribution is 2.27. The molecule has 2 rings (SSSR count). The van der Waals surface area contributed by atoms with Crippen molar-refractivity contribution in [1.29, 1.82) is 0 Å². The molecule has 1 saturated heterocycles. The van der Waals surface area contributed by atoms with Crippen LogP contribution in [-0.2, 0) is 6.42 Å². The van der Waals surface area contributed by atoms with Gasteiger partial charge in [-0.3, -0.25) is 15.0 Å². The minimum atomic E-state index is -0.444. The number of nitro groups is 1. The van der Waals surface area contributed by atoms with Crippen molar-refractivity contribution in [2.45, 2.75) is 19.0 Å². The van der Waals surface area contributed by atoms with Crippen molar-refractivity contribution >= 4 is 16.3 Å². The first kappa shape index (κ1) is 14.4. The summed E-state index contributed by atoms with van der Waals surface area (Å²) in [7, 11) is 2.10. The lowest BCUT2D eigenvalue weighted by atomic mass is 10.1. The predicted molar refractivity (Wildman–Crippen MR) is 76.3 cm³/mol. The van der Waals surface area contributed by atoms with Crippen LogP contribution in [0.3, 0.4) is 0 Å². The molecule has 0 amide bonds. The second-order valence-corrected chi connectivity index (χ2v) is 6.47. The molecule has 2 N–H and O–H groups in total. The van der Waals surface area contributed by atoms with Crippen molar-refractivity contribution < 1.29 is 4.92 Å². The van der Waals surface area contributed by atoms with Gasteiger partial charge in [-0.25, -0.2) is 0 Å². The van der Waals surface area contributed by atoms with E-state index in [4.69, 9.17) is 5.73 Å². The summed E-state index contributed by atoms with van der Waals surface area (Å²) in [6.07, 6.45) is 0.648. The van der Waals surface area contributed by atoms with Crippen LogP contribution in [0, 0.1) is 10.1 Å². The van der Waals surface area contributed by atoms with Gasteiger partial charge in [-0.1, -0.05) is 11.3 Å². The Labute approximate surface area is 116 Å². The maximum Gasteiger partial charge on any atom is 0.324 e. The molecule has 1 unspecified atom stereocenters. The molecule has 1 fully saturated rings. The highest BCUT2D eigenvalue weighted by molar-refractivity contribution is 7.15. The summed E-state index contributed by atoms with van der Waals surface area (Å²) in [6, 6.07) is 3.37. The molecular formula is C12H20N4O2S. The summed E-state index contributed by atoms with van der Waals surface area (Å²) in [5, 5.41) is 10.9. The Kier molecular flexibility index (Phi) is 4.19. The standard InChI is InChI=1S/C12H20N4O2S/c1-12(13,15-7-5-14(2)6-8-15)9-10-3-4-11(19-10)16(17)18/h3-4H,5-9,13H2,1-2H3. The molecule has 0 saturated carbocycles. The van der Waals surface area contributed by atoms with Gasteiger partial charge in [-0.2, -0.15) is 0 Å². The second-order valence-electron chi connectivity index (χ2n) is 5.32. The highest BCUT2D eigenvalue weighted by atomic mass is 32.1. The number of piperazine rings is 1. The molecule has 19 heavy (non-hydrogen) atoms. The first-order valence-electron chi connectivity index (χ1n) is 6.34. The SMILES string of the molecule is CN1CCN(C(C)(N)Cc2ccc([N+](=O)[O-])s2)CC1. The van der Waals surface area contributed by atoms with E-state index in [0.29, 0.717) is 6.42 Å². The van der Waals surface area contributed by atoms with Crippen molar-refractivity contribution in [3.63, 3.8) is 0 Å². The molecule has 6 nitrogen and oxygen atoms in total. The van der Waals surface area contributed by atoms with Crippen LogP contribution >= 0.6 is 11.3 Å². The third-order valence-electron chi connectivity index (χ3n) is 3.59. The summed E-state index contributed by atoms with van der Waals surface area (Å²) >= 11 is 1.22. The number of nitrogens with zero attached hydrogens (tertiary/aromatic N) is 3. The van der Waals surface area contributed by atoms with E-state index >= 15 is 0 Å². The highest BCUT2D eigenvalue weighted by Gasteiger charge is 2.30. The number of thiophene rings is 1.